The molecule has 1 rings (SSSR count). The fourth-order valence-electron chi connectivity index (χ4n) is 1.81. The molecule has 1 aliphatic rings. The Morgan fingerprint density at radius 1 is 1.47 bits per heavy atom. The van der Waals surface area contributed by atoms with Gasteiger partial charge < -0.3 is 10.1 Å². The van der Waals surface area contributed by atoms with E-state index in [0.717, 1.165) is 0 Å². The van der Waals surface area contributed by atoms with Crippen molar-refractivity contribution in [3.05, 3.63) is 0 Å². The second kappa shape index (κ2) is 5.79. The molecule has 7 heteroatoms. The number of ether oxygens (including phenoxy) is 1. The first kappa shape index (κ1) is 14.4. The van der Waals surface area contributed by atoms with Crippen LogP contribution >= 0.6 is 0 Å². The molecule has 1 aliphatic heterocycles. The third-order valence-electron chi connectivity index (χ3n) is 2.67. The molecule has 1 fully saturated rings. The maximum Gasteiger partial charge on any atom is 0.322 e. The molecule has 0 saturated carbocycles. The van der Waals surface area contributed by atoms with Crippen LogP contribution in [0.25, 0.3) is 0 Å². The van der Waals surface area contributed by atoms with Crippen LogP contribution in [0.5, 0.6) is 0 Å². The van der Waals surface area contributed by atoms with Gasteiger partial charge in [0.05, 0.1) is 6.61 Å². The highest BCUT2D eigenvalue weighted by molar-refractivity contribution is 7.89. The van der Waals surface area contributed by atoms with Gasteiger partial charge in [0.2, 0.25) is 10.0 Å². The SMILES string of the molecule is CCOC(=O)CS(=O)(=O)N1CC(C)NCC1C. The van der Waals surface area contributed by atoms with Gasteiger partial charge in [-0.1, -0.05) is 0 Å². The van der Waals surface area contributed by atoms with Crippen molar-refractivity contribution in [2.75, 3.05) is 25.4 Å². The largest absolute Gasteiger partial charge is 0.465 e. The Kier molecular flexibility index (Phi) is 4.91. The van der Waals surface area contributed by atoms with Gasteiger partial charge in [-0.3, -0.25) is 4.79 Å². The van der Waals surface area contributed by atoms with Crippen LogP contribution in [-0.2, 0) is 19.6 Å². The second-order valence-corrected chi connectivity index (χ2v) is 6.21. The molecule has 17 heavy (non-hydrogen) atoms. The van der Waals surface area contributed by atoms with E-state index >= 15 is 0 Å². The van der Waals surface area contributed by atoms with Gasteiger partial charge in [-0.15, -0.1) is 0 Å². The van der Waals surface area contributed by atoms with E-state index in [1.807, 2.05) is 13.8 Å². The van der Waals surface area contributed by atoms with Gasteiger partial charge in [0.1, 0.15) is 0 Å². The van der Waals surface area contributed by atoms with E-state index in [9.17, 15) is 13.2 Å². The van der Waals surface area contributed by atoms with Crippen molar-refractivity contribution in [2.45, 2.75) is 32.9 Å². The first-order valence-electron chi connectivity index (χ1n) is 5.75. The number of esters is 1. The minimum atomic E-state index is -3.57. The Morgan fingerprint density at radius 2 is 2.12 bits per heavy atom. The number of sulfonamides is 1. The van der Waals surface area contributed by atoms with E-state index in [4.69, 9.17) is 0 Å². The molecule has 1 heterocycles. The summed E-state index contributed by atoms with van der Waals surface area (Å²) >= 11 is 0. The summed E-state index contributed by atoms with van der Waals surface area (Å²) in [5.74, 6) is -1.26. The van der Waals surface area contributed by atoms with Crippen molar-refractivity contribution in [3.63, 3.8) is 0 Å². The second-order valence-electron chi connectivity index (χ2n) is 4.29. The molecule has 0 aromatic rings. The molecule has 100 valence electrons. The van der Waals surface area contributed by atoms with Crippen LogP contribution < -0.4 is 5.32 Å². The Balaban J connectivity index is 2.71. The highest BCUT2D eigenvalue weighted by atomic mass is 32.2. The molecule has 2 unspecified atom stereocenters. The zero-order valence-electron chi connectivity index (χ0n) is 10.5. The van der Waals surface area contributed by atoms with Gasteiger partial charge in [0, 0.05) is 25.2 Å². The quantitative estimate of drug-likeness (QED) is 0.697. The summed E-state index contributed by atoms with van der Waals surface area (Å²) in [5, 5.41) is 3.19. The molecular weight excluding hydrogens is 244 g/mol. The Bertz CT molecular complexity index is 369. The first-order valence-corrected chi connectivity index (χ1v) is 7.36. The smallest absolute Gasteiger partial charge is 0.322 e. The number of hydrogen-bond acceptors (Lipinski definition) is 5. The molecule has 0 amide bonds. The monoisotopic (exact) mass is 264 g/mol. The van der Waals surface area contributed by atoms with Gasteiger partial charge in [-0.2, -0.15) is 4.31 Å². The summed E-state index contributed by atoms with van der Waals surface area (Å²) in [4.78, 5) is 11.2. The van der Waals surface area contributed by atoms with Crippen LogP contribution in [0.4, 0.5) is 0 Å². The third-order valence-corrected chi connectivity index (χ3v) is 4.49. The van der Waals surface area contributed by atoms with E-state index in [1.54, 1.807) is 6.92 Å². The number of carbonyl (C=O) groups is 1. The summed E-state index contributed by atoms with van der Waals surface area (Å²) in [5.41, 5.74) is 0. The molecule has 0 aromatic heterocycles. The molecule has 2 atom stereocenters. The zero-order chi connectivity index (χ0) is 13.1. The van der Waals surface area contributed by atoms with Gasteiger partial charge in [-0.25, -0.2) is 8.42 Å². The lowest BCUT2D eigenvalue weighted by Crippen LogP contribution is -2.57. The van der Waals surface area contributed by atoms with E-state index < -0.39 is 21.7 Å². The summed E-state index contributed by atoms with van der Waals surface area (Å²) in [6, 6.07) is -0.0335. The molecular formula is C10H20N2O4S. The minimum Gasteiger partial charge on any atom is -0.465 e. The molecule has 0 aromatic carbocycles. The minimum absolute atomic E-state index is 0.100. The summed E-state index contributed by atoms with van der Waals surface area (Å²) in [6.07, 6.45) is 0. The zero-order valence-corrected chi connectivity index (χ0v) is 11.3. The van der Waals surface area contributed by atoms with E-state index in [0.29, 0.717) is 13.1 Å². The average Bonchev–Trinajstić information content (AvgIpc) is 2.21. The van der Waals surface area contributed by atoms with E-state index in [2.05, 4.69) is 10.1 Å². The molecule has 1 N–H and O–H groups in total. The van der Waals surface area contributed by atoms with Crippen LogP contribution in [0.1, 0.15) is 20.8 Å². The van der Waals surface area contributed by atoms with E-state index in [-0.39, 0.29) is 18.7 Å². The van der Waals surface area contributed by atoms with Crippen LogP contribution in [-0.4, -0.2) is 56.2 Å². The van der Waals surface area contributed by atoms with Gasteiger partial charge in [0.25, 0.3) is 0 Å². The molecule has 0 bridgehead atoms. The summed E-state index contributed by atoms with van der Waals surface area (Å²) in [7, 11) is -3.57. The van der Waals surface area contributed by atoms with E-state index in [1.165, 1.54) is 4.31 Å². The van der Waals surface area contributed by atoms with Crippen LogP contribution in [0, 0.1) is 0 Å². The lowest BCUT2D eigenvalue weighted by Gasteiger charge is -2.36. The van der Waals surface area contributed by atoms with Crippen molar-refractivity contribution in [1.82, 2.24) is 9.62 Å². The van der Waals surface area contributed by atoms with Gasteiger partial charge in [0.15, 0.2) is 5.75 Å². The number of carbonyl (C=O) groups excluding carboxylic acids is 1. The van der Waals surface area contributed by atoms with Crippen LogP contribution in [0.2, 0.25) is 0 Å². The molecule has 6 nitrogen and oxygen atoms in total. The average molecular weight is 264 g/mol. The van der Waals surface area contributed by atoms with Crippen molar-refractivity contribution in [3.8, 4) is 0 Å². The Hall–Kier alpha value is -0.660. The fraction of sp³-hybridized carbons (Fsp3) is 0.900. The fourth-order valence-corrected chi connectivity index (χ4v) is 3.43. The summed E-state index contributed by atoms with van der Waals surface area (Å²) < 4.78 is 30.1. The maximum atomic E-state index is 12.0. The third kappa shape index (κ3) is 3.93. The predicted molar refractivity (Wildman–Crippen MR) is 64.1 cm³/mol. The Labute approximate surface area is 102 Å². The van der Waals surface area contributed by atoms with Gasteiger partial charge in [-0.05, 0) is 20.8 Å². The van der Waals surface area contributed by atoms with Crippen molar-refractivity contribution in [1.29, 1.82) is 0 Å². The van der Waals surface area contributed by atoms with Crippen molar-refractivity contribution < 1.29 is 17.9 Å². The lowest BCUT2D eigenvalue weighted by atomic mass is 10.2. The molecule has 0 radical (unpaired) electrons. The number of nitrogens with zero attached hydrogens (tertiary/aromatic N) is 1. The highest BCUT2D eigenvalue weighted by Gasteiger charge is 2.33. The van der Waals surface area contributed by atoms with Gasteiger partial charge >= 0.3 is 5.97 Å². The van der Waals surface area contributed by atoms with Crippen LogP contribution in [0.15, 0.2) is 0 Å². The van der Waals surface area contributed by atoms with Crippen molar-refractivity contribution >= 4 is 16.0 Å². The van der Waals surface area contributed by atoms with Crippen molar-refractivity contribution in [2.24, 2.45) is 0 Å². The number of piperazine rings is 1. The number of hydrogen-bond donors (Lipinski definition) is 1. The standard InChI is InChI=1S/C10H20N2O4S/c1-4-16-10(13)7-17(14,15)12-6-8(2)11-5-9(12)3/h8-9,11H,4-7H2,1-3H3. The molecule has 1 saturated heterocycles. The summed E-state index contributed by atoms with van der Waals surface area (Å²) in [6.45, 7) is 6.58. The van der Waals surface area contributed by atoms with Crippen LogP contribution in [0.3, 0.4) is 0 Å². The topological polar surface area (TPSA) is 75.7 Å². The molecule has 0 aliphatic carbocycles. The lowest BCUT2D eigenvalue weighted by molar-refractivity contribution is -0.140. The highest BCUT2D eigenvalue weighted by Crippen LogP contribution is 2.13. The number of rotatable bonds is 4. The number of nitrogens with one attached hydrogen (secondary N) is 1. The first-order chi connectivity index (χ1) is 7.86. The molecule has 0 spiro atoms. The Morgan fingerprint density at radius 3 is 2.71 bits per heavy atom. The normalized spacial score (nSPS) is 26.8. The maximum absolute atomic E-state index is 12.0. The predicted octanol–water partition coefficient (Wildman–Crippen LogP) is -0.438.